The Morgan fingerprint density at radius 2 is 2.05 bits per heavy atom. The van der Waals surface area contributed by atoms with Crippen molar-refractivity contribution in [3.8, 4) is 11.5 Å². The highest BCUT2D eigenvalue weighted by atomic mass is 35.5. The molecule has 1 atom stereocenters. The van der Waals surface area contributed by atoms with Crippen molar-refractivity contribution in [1.82, 2.24) is 0 Å². The Hall–Kier alpha value is -1.23. The number of rotatable bonds is 7. The Balaban J connectivity index is 2.20. The van der Waals surface area contributed by atoms with E-state index >= 15 is 0 Å². The van der Waals surface area contributed by atoms with Crippen LogP contribution in [0.5, 0.6) is 11.5 Å². The average molecular weight is 326 g/mol. The van der Waals surface area contributed by atoms with Crippen LogP contribution in [0.15, 0.2) is 30.3 Å². The van der Waals surface area contributed by atoms with Crippen LogP contribution in [0.25, 0.3) is 0 Å². The molecule has 1 aromatic carbocycles. The Labute approximate surface area is 134 Å². The van der Waals surface area contributed by atoms with Crippen LogP contribution in [-0.4, -0.2) is 12.6 Å². The summed E-state index contributed by atoms with van der Waals surface area (Å²) in [5.41, 5.74) is 6.98. The molecular weight excluding hydrogens is 306 g/mol. The lowest BCUT2D eigenvalue weighted by atomic mass is 10.1. The summed E-state index contributed by atoms with van der Waals surface area (Å²) in [5.74, 6) is 1.54. The molecule has 0 saturated heterocycles. The van der Waals surface area contributed by atoms with E-state index in [0.717, 1.165) is 32.7 Å². The molecule has 1 heterocycles. The second-order valence-corrected chi connectivity index (χ2v) is 6.65. The summed E-state index contributed by atoms with van der Waals surface area (Å²) in [6.45, 7) is 5.02. The molecule has 2 N–H and O–H groups in total. The summed E-state index contributed by atoms with van der Waals surface area (Å²) in [6.07, 6.45) is 0.751. The number of benzene rings is 1. The molecule has 21 heavy (non-hydrogen) atoms. The number of hydrogen-bond acceptors (Lipinski definition) is 4. The number of hydrogen-bond donors (Lipinski definition) is 1. The molecule has 1 unspecified atom stereocenters. The molecule has 2 aromatic rings. The first-order chi connectivity index (χ1) is 10.1. The van der Waals surface area contributed by atoms with E-state index in [4.69, 9.17) is 26.8 Å². The van der Waals surface area contributed by atoms with Gasteiger partial charge in [0.15, 0.2) is 11.5 Å². The van der Waals surface area contributed by atoms with Gasteiger partial charge in [-0.05, 0) is 44.0 Å². The number of ether oxygens (including phenoxy) is 2. The van der Waals surface area contributed by atoms with Crippen LogP contribution in [0.3, 0.4) is 0 Å². The van der Waals surface area contributed by atoms with Crippen molar-refractivity contribution in [3.63, 3.8) is 0 Å². The van der Waals surface area contributed by atoms with Crippen LogP contribution in [-0.2, 0) is 13.0 Å². The van der Waals surface area contributed by atoms with E-state index in [-0.39, 0.29) is 6.04 Å². The SMILES string of the molecule is CCOc1cccc(CC(C)N)c1OCc1ccc(Cl)s1. The monoisotopic (exact) mass is 325 g/mol. The van der Waals surface area contributed by atoms with E-state index in [1.165, 1.54) is 11.3 Å². The van der Waals surface area contributed by atoms with Gasteiger partial charge < -0.3 is 15.2 Å². The lowest BCUT2D eigenvalue weighted by Gasteiger charge is -2.16. The first kappa shape index (κ1) is 16.1. The fourth-order valence-electron chi connectivity index (χ4n) is 2.07. The smallest absolute Gasteiger partial charge is 0.164 e. The lowest BCUT2D eigenvalue weighted by molar-refractivity contribution is 0.268. The first-order valence-corrected chi connectivity index (χ1v) is 8.17. The van der Waals surface area contributed by atoms with Gasteiger partial charge in [-0.1, -0.05) is 23.7 Å². The maximum Gasteiger partial charge on any atom is 0.164 e. The molecule has 1 aromatic heterocycles. The van der Waals surface area contributed by atoms with Gasteiger partial charge in [-0.25, -0.2) is 0 Å². The van der Waals surface area contributed by atoms with Crippen molar-refractivity contribution < 1.29 is 9.47 Å². The van der Waals surface area contributed by atoms with Crippen molar-refractivity contribution in [3.05, 3.63) is 45.1 Å². The molecule has 0 amide bonds. The average Bonchev–Trinajstić information content (AvgIpc) is 2.83. The third-order valence-corrected chi connectivity index (χ3v) is 4.09. The fraction of sp³-hybridized carbons (Fsp3) is 0.375. The van der Waals surface area contributed by atoms with E-state index in [2.05, 4.69) is 0 Å². The Morgan fingerprint density at radius 3 is 2.67 bits per heavy atom. The third kappa shape index (κ3) is 4.63. The topological polar surface area (TPSA) is 44.5 Å². The lowest BCUT2D eigenvalue weighted by Crippen LogP contribution is -2.18. The zero-order valence-corrected chi connectivity index (χ0v) is 13.8. The van der Waals surface area contributed by atoms with Gasteiger partial charge in [-0.3, -0.25) is 0 Å². The van der Waals surface area contributed by atoms with Gasteiger partial charge in [-0.2, -0.15) is 0 Å². The van der Waals surface area contributed by atoms with Crippen LogP contribution in [0.1, 0.15) is 24.3 Å². The third-order valence-electron chi connectivity index (χ3n) is 2.89. The quantitative estimate of drug-likeness (QED) is 0.826. The second-order valence-electron chi connectivity index (χ2n) is 4.85. The van der Waals surface area contributed by atoms with Crippen molar-refractivity contribution in [2.75, 3.05) is 6.61 Å². The molecule has 2 rings (SSSR count). The minimum atomic E-state index is 0.0698. The van der Waals surface area contributed by atoms with Gasteiger partial charge in [0.2, 0.25) is 0 Å². The Morgan fingerprint density at radius 1 is 1.24 bits per heavy atom. The maximum absolute atomic E-state index is 5.99. The van der Waals surface area contributed by atoms with Gasteiger partial charge in [0.25, 0.3) is 0 Å². The zero-order valence-electron chi connectivity index (χ0n) is 12.3. The van der Waals surface area contributed by atoms with Crippen molar-refractivity contribution in [1.29, 1.82) is 0 Å². The van der Waals surface area contributed by atoms with Crippen LogP contribution >= 0.6 is 22.9 Å². The summed E-state index contributed by atoms with van der Waals surface area (Å²) < 4.78 is 12.4. The van der Waals surface area contributed by atoms with Gasteiger partial charge in [0.05, 0.1) is 10.9 Å². The molecule has 0 aliphatic rings. The molecule has 3 nitrogen and oxygen atoms in total. The summed E-state index contributed by atoms with van der Waals surface area (Å²) in [7, 11) is 0. The summed E-state index contributed by atoms with van der Waals surface area (Å²) >= 11 is 7.47. The Kier molecular flexibility index (Phi) is 5.91. The van der Waals surface area contributed by atoms with E-state index in [9.17, 15) is 0 Å². The highest BCUT2D eigenvalue weighted by molar-refractivity contribution is 7.16. The van der Waals surface area contributed by atoms with Crippen molar-refractivity contribution in [2.24, 2.45) is 5.73 Å². The standard InChI is InChI=1S/C16H20ClNO2S/c1-3-19-14-6-4-5-12(9-11(2)18)16(14)20-10-13-7-8-15(17)21-13/h4-8,11H,3,9-10,18H2,1-2H3. The minimum Gasteiger partial charge on any atom is -0.490 e. The van der Waals surface area contributed by atoms with E-state index in [0.29, 0.717) is 13.2 Å². The first-order valence-electron chi connectivity index (χ1n) is 6.97. The molecule has 0 spiro atoms. The number of para-hydroxylation sites is 1. The molecule has 0 aliphatic carbocycles. The number of halogens is 1. The largest absolute Gasteiger partial charge is 0.490 e. The normalized spacial score (nSPS) is 12.2. The van der Waals surface area contributed by atoms with Gasteiger partial charge in [0.1, 0.15) is 6.61 Å². The summed E-state index contributed by atoms with van der Waals surface area (Å²) in [5, 5.41) is 0. The van der Waals surface area contributed by atoms with Crippen molar-refractivity contribution >= 4 is 22.9 Å². The van der Waals surface area contributed by atoms with Crippen LogP contribution < -0.4 is 15.2 Å². The molecule has 0 saturated carbocycles. The number of thiophene rings is 1. The van der Waals surface area contributed by atoms with Crippen molar-refractivity contribution in [2.45, 2.75) is 32.9 Å². The highest BCUT2D eigenvalue weighted by Gasteiger charge is 2.13. The van der Waals surface area contributed by atoms with Crippen LogP contribution in [0.2, 0.25) is 4.34 Å². The van der Waals surface area contributed by atoms with Gasteiger partial charge in [0, 0.05) is 10.9 Å². The molecule has 114 valence electrons. The molecule has 0 aliphatic heterocycles. The fourth-order valence-corrected chi connectivity index (χ4v) is 3.08. The molecule has 0 fully saturated rings. The van der Waals surface area contributed by atoms with E-state index in [1.54, 1.807) is 0 Å². The second kappa shape index (κ2) is 7.69. The molecule has 5 heteroatoms. The highest BCUT2D eigenvalue weighted by Crippen LogP contribution is 2.33. The minimum absolute atomic E-state index is 0.0698. The van der Waals surface area contributed by atoms with Crippen LogP contribution in [0.4, 0.5) is 0 Å². The predicted octanol–water partition coefficient (Wildman–Crippen LogP) is 4.27. The van der Waals surface area contributed by atoms with E-state index < -0.39 is 0 Å². The van der Waals surface area contributed by atoms with Crippen LogP contribution in [0, 0.1) is 0 Å². The van der Waals surface area contributed by atoms with Gasteiger partial charge >= 0.3 is 0 Å². The maximum atomic E-state index is 5.99. The zero-order chi connectivity index (χ0) is 15.2. The summed E-state index contributed by atoms with van der Waals surface area (Å²) in [6, 6.07) is 9.84. The molecular formula is C16H20ClNO2S. The molecule has 0 radical (unpaired) electrons. The van der Waals surface area contributed by atoms with Gasteiger partial charge in [-0.15, -0.1) is 11.3 Å². The summed E-state index contributed by atoms with van der Waals surface area (Å²) in [4.78, 5) is 1.08. The van der Waals surface area contributed by atoms with E-state index in [1.807, 2.05) is 44.2 Å². The predicted molar refractivity (Wildman–Crippen MR) is 88.6 cm³/mol. The Bertz CT molecular complexity index is 583. The number of nitrogens with two attached hydrogens (primary N) is 1. The molecule has 0 bridgehead atoms.